The van der Waals surface area contributed by atoms with Gasteiger partial charge in [0.2, 0.25) is 11.8 Å². The van der Waals surface area contributed by atoms with E-state index in [0.29, 0.717) is 18.3 Å². The average molecular weight is 398 g/mol. The number of benzene rings is 1. The lowest BCUT2D eigenvalue weighted by Gasteiger charge is -2.32. The third kappa shape index (κ3) is 5.24. The number of hydrogen-bond donors (Lipinski definition) is 0. The molecule has 156 valence electrons. The summed E-state index contributed by atoms with van der Waals surface area (Å²) in [5, 5.41) is 4.18. The van der Waals surface area contributed by atoms with E-state index < -0.39 is 0 Å². The number of carbonyl (C=O) groups excluding carboxylic acids is 1. The van der Waals surface area contributed by atoms with Crippen LogP contribution in [0.25, 0.3) is 0 Å². The smallest absolute Gasteiger partial charge is 0.229 e. The maximum absolute atomic E-state index is 12.6. The molecule has 1 aromatic heterocycles. The van der Waals surface area contributed by atoms with E-state index in [1.807, 2.05) is 17.0 Å². The third-order valence-corrected chi connectivity index (χ3v) is 6.40. The number of aromatic nitrogens is 2. The predicted molar refractivity (Wildman–Crippen MR) is 110 cm³/mol. The minimum absolute atomic E-state index is 0.247. The number of piperidine rings is 1. The van der Waals surface area contributed by atoms with Gasteiger partial charge in [-0.3, -0.25) is 4.79 Å². The van der Waals surface area contributed by atoms with E-state index in [4.69, 9.17) is 9.26 Å². The van der Waals surface area contributed by atoms with Crippen molar-refractivity contribution in [1.82, 2.24) is 15.0 Å². The van der Waals surface area contributed by atoms with Crippen molar-refractivity contribution < 1.29 is 14.1 Å². The van der Waals surface area contributed by atoms with Crippen molar-refractivity contribution in [2.24, 2.45) is 5.92 Å². The van der Waals surface area contributed by atoms with E-state index in [1.54, 1.807) is 0 Å². The number of hydrogen-bond acceptors (Lipinski definition) is 5. The summed E-state index contributed by atoms with van der Waals surface area (Å²) in [4.78, 5) is 19.3. The Morgan fingerprint density at radius 2 is 1.90 bits per heavy atom. The summed E-state index contributed by atoms with van der Waals surface area (Å²) in [6.07, 6.45) is 6.48. The van der Waals surface area contributed by atoms with Crippen LogP contribution in [0, 0.1) is 12.8 Å². The summed E-state index contributed by atoms with van der Waals surface area (Å²) >= 11 is 0. The van der Waals surface area contributed by atoms with Crippen LogP contribution in [-0.2, 0) is 22.4 Å². The Morgan fingerprint density at radius 1 is 1.14 bits per heavy atom. The molecule has 2 aliphatic heterocycles. The summed E-state index contributed by atoms with van der Waals surface area (Å²) < 4.78 is 10.9. The minimum atomic E-state index is 0.247. The molecular formula is C23H31N3O3. The van der Waals surface area contributed by atoms with Gasteiger partial charge in [0.1, 0.15) is 0 Å². The first kappa shape index (κ1) is 20.1. The molecule has 0 radical (unpaired) electrons. The Kier molecular flexibility index (Phi) is 6.60. The van der Waals surface area contributed by atoms with E-state index in [2.05, 4.69) is 29.2 Å². The van der Waals surface area contributed by atoms with E-state index in [1.165, 1.54) is 5.56 Å². The molecular weight excluding hydrogens is 366 g/mol. The van der Waals surface area contributed by atoms with Gasteiger partial charge in [0.15, 0.2) is 5.82 Å². The van der Waals surface area contributed by atoms with Crippen molar-refractivity contribution in [1.29, 1.82) is 0 Å². The number of likely N-dealkylation sites (tertiary alicyclic amines) is 1. The van der Waals surface area contributed by atoms with E-state index >= 15 is 0 Å². The molecule has 0 spiro atoms. The van der Waals surface area contributed by atoms with Gasteiger partial charge < -0.3 is 14.2 Å². The normalized spacial score (nSPS) is 18.9. The fraction of sp³-hybridized carbons (Fsp3) is 0.609. The Balaban J connectivity index is 1.20. The number of amides is 1. The number of rotatable bonds is 6. The van der Waals surface area contributed by atoms with Gasteiger partial charge in [-0.15, -0.1) is 0 Å². The molecule has 0 N–H and O–H groups in total. The quantitative estimate of drug-likeness (QED) is 0.744. The number of nitrogens with zero attached hydrogens (tertiary/aromatic N) is 3. The minimum Gasteiger partial charge on any atom is -0.381 e. The highest BCUT2D eigenvalue weighted by atomic mass is 16.5. The SMILES string of the molecule is Cc1ccccc1CC(=O)N1CCC(CCc2noc(C3CCOCC3)n2)CC1. The molecule has 6 heteroatoms. The molecule has 0 bridgehead atoms. The molecule has 29 heavy (non-hydrogen) atoms. The van der Waals surface area contributed by atoms with Gasteiger partial charge in [0, 0.05) is 38.6 Å². The highest BCUT2D eigenvalue weighted by Gasteiger charge is 2.25. The average Bonchev–Trinajstić information content (AvgIpc) is 3.24. The molecule has 1 amide bonds. The van der Waals surface area contributed by atoms with Gasteiger partial charge in [0.25, 0.3) is 0 Å². The second kappa shape index (κ2) is 9.53. The number of carbonyl (C=O) groups is 1. The van der Waals surface area contributed by atoms with Crippen LogP contribution in [0.3, 0.4) is 0 Å². The van der Waals surface area contributed by atoms with Crippen molar-refractivity contribution >= 4 is 5.91 Å². The molecule has 2 aromatic rings. The summed E-state index contributed by atoms with van der Waals surface area (Å²) in [5.74, 6) is 2.83. The zero-order valence-corrected chi connectivity index (χ0v) is 17.3. The van der Waals surface area contributed by atoms with E-state index in [0.717, 1.165) is 82.1 Å². The van der Waals surface area contributed by atoms with Gasteiger partial charge in [-0.1, -0.05) is 29.4 Å². The van der Waals surface area contributed by atoms with Crippen molar-refractivity contribution in [3.63, 3.8) is 0 Å². The van der Waals surface area contributed by atoms with E-state index in [-0.39, 0.29) is 5.91 Å². The van der Waals surface area contributed by atoms with Crippen LogP contribution in [0.1, 0.15) is 60.9 Å². The molecule has 0 atom stereocenters. The maximum Gasteiger partial charge on any atom is 0.229 e. The second-order valence-corrected chi connectivity index (χ2v) is 8.40. The van der Waals surface area contributed by atoms with Crippen molar-refractivity contribution in [3.05, 3.63) is 47.1 Å². The molecule has 6 nitrogen and oxygen atoms in total. The van der Waals surface area contributed by atoms with Crippen LogP contribution in [0.4, 0.5) is 0 Å². The van der Waals surface area contributed by atoms with Crippen LogP contribution < -0.4 is 0 Å². The third-order valence-electron chi connectivity index (χ3n) is 6.40. The van der Waals surface area contributed by atoms with Crippen molar-refractivity contribution in [2.75, 3.05) is 26.3 Å². The summed E-state index contributed by atoms with van der Waals surface area (Å²) in [5.41, 5.74) is 2.33. The number of ether oxygens (including phenoxy) is 1. The molecule has 2 fully saturated rings. The molecule has 2 aliphatic rings. The van der Waals surface area contributed by atoms with Gasteiger partial charge >= 0.3 is 0 Å². The molecule has 0 saturated carbocycles. The van der Waals surface area contributed by atoms with E-state index in [9.17, 15) is 4.79 Å². The number of aryl methyl sites for hydroxylation is 2. The highest BCUT2D eigenvalue weighted by molar-refractivity contribution is 5.79. The first-order valence-corrected chi connectivity index (χ1v) is 10.9. The van der Waals surface area contributed by atoms with Crippen LogP contribution in [0.2, 0.25) is 0 Å². The Hall–Kier alpha value is -2.21. The molecule has 4 rings (SSSR count). The topological polar surface area (TPSA) is 68.5 Å². The van der Waals surface area contributed by atoms with Crippen LogP contribution in [0.15, 0.2) is 28.8 Å². The standard InChI is InChI=1S/C23H31N3O3/c1-17-4-2-3-5-20(17)16-22(27)26-12-8-18(9-13-26)6-7-21-24-23(29-25-21)19-10-14-28-15-11-19/h2-5,18-19H,6-16H2,1H3. The fourth-order valence-corrected chi connectivity index (χ4v) is 4.37. The Labute approximate surface area is 172 Å². The summed E-state index contributed by atoms with van der Waals surface area (Å²) in [6.45, 7) is 5.34. The fourth-order valence-electron chi connectivity index (χ4n) is 4.37. The second-order valence-electron chi connectivity index (χ2n) is 8.40. The summed E-state index contributed by atoms with van der Waals surface area (Å²) in [6, 6.07) is 8.15. The first-order valence-electron chi connectivity index (χ1n) is 10.9. The monoisotopic (exact) mass is 397 g/mol. The summed E-state index contributed by atoms with van der Waals surface area (Å²) in [7, 11) is 0. The Morgan fingerprint density at radius 3 is 2.66 bits per heavy atom. The van der Waals surface area contributed by atoms with Crippen LogP contribution in [-0.4, -0.2) is 47.3 Å². The van der Waals surface area contributed by atoms with Gasteiger partial charge in [-0.2, -0.15) is 4.98 Å². The largest absolute Gasteiger partial charge is 0.381 e. The van der Waals surface area contributed by atoms with Crippen LogP contribution in [0.5, 0.6) is 0 Å². The Bertz CT molecular complexity index is 805. The maximum atomic E-state index is 12.6. The van der Waals surface area contributed by atoms with Gasteiger partial charge in [0.05, 0.1) is 6.42 Å². The molecule has 1 aromatic carbocycles. The van der Waals surface area contributed by atoms with Crippen molar-refractivity contribution in [3.8, 4) is 0 Å². The molecule has 0 unspecified atom stereocenters. The predicted octanol–water partition coefficient (Wildman–Crippen LogP) is 3.69. The molecule has 0 aliphatic carbocycles. The van der Waals surface area contributed by atoms with Crippen LogP contribution >= 0.6 is 0 Å². The lowest BCUT2D eigenvalue weighted by molar-refractivity contribution is -0.131. The molecule has 3 heterocycles. The highest BCUT2D eigenvalue weighted by Crippen LogP contribution is 2.26. The zero-order valence-electron chi connectivity index (χ0n) is 17.3. The van der Waals surface area contributed by atoms with Crippen molar-refractivity contribution in [2.45, 2.75) is 57.8 Å². The van der Waals surface area contributed by atoms with Gasteiger partial charge in [-0.25, -0.2) is 0 Å². The molecule has 2 saturated heterocycles. The van der Waals surface area contributed by atoms with Gasteiger partial charge in [-0.05, 0) is 56.1 Å². The first-order chi connectivity index (χ1) is 14.2. The lowest BCUT2D eigenvalue weighted by atomic mass is 9.91. The zero-order chi connectivity index (χ0) is 20.1. The lowest BCUT2D eigenvalue weighted by Crippen LogP contribution is -2.39.